The number of aliphatic imine (C=N–C) groups is 1. The summed E-state index contributed by atoms with van der Waals surface area (Å²) >= 11 is 0. The zero-order valence-electron chi connectivity index (χ0n) is 23.6. The minimum atomic E-state index is -1.62. The molecule has 0 aliphatic carbocycles. The lowest BCUT2D eigenvalue weighted by Gasteiger charge is -2.25. The van der Waals surface area contributed by atoms with Crippen molar-refractivity contribution in [1.29, 1.82) is 0 Å². The van der Waals surface area contributed by atoms with Gasteiger partial charge in [0.15, 0.2) is 12.0 Å². The van der Waals surface area contributed by atoms with Gasteiger partial charge in [0, 0.05) is 42.0 Å². The van der Waals surface area contributed by atoms with Crippen LogP contribution in [0.15, 0.2) is 48.0 Å². The van der Waals surface area contributed by atoms with Crippen molar-refractivity contribution < 1.29 is 29.4 Å². The van der Waals surface area contributed by atoms with Crippen LogP contribution in [0.25, 0.3) is 10.9 Å². The summed E-state index contributed by atoms with van der Waals surface area (Å²) in [6.07, 6.45) is 3.71. The molecule has 0 bridgehead atoms. The second kappa shape index (κ2) is 15.3. The fourth-order valence-electron chi connectivity index (χ4n) is 4.42. The molecule has 16 heteroatoms. The molecule has 232 valence electrons. The summed E-state index contributed by atoms with van der Waals surface area (Å²) in [6.45, 7) is 1.35. The smallest absolute Gasteiger partial charge is 0.328 e. The molecule has 43 heavy (non-hydrogen) atoms. The molecule has 0 spiro atoms. The Kier molecular flexibility index (Phi) is 11.6. The van der Waals surface area contributed by atoms with Gasteiger partial charge in [-0.2, -0.15) is 0 Å². The number of hydrogen-bond acceptors (Lipinski definition) is 8. The maximum absolute atomic E-state index is 13.5. The molecule has 0 saturated heterocycles. The third-order valence-electron chi connectivity index (χ3n) is 6.69. The molecule has 0 aliphatic heterocycles. The van der Waals surface area contributed by atoms with Crippen molar-refractivity contribution in [2.75, 3.05) is 6.54 Å². The van der Waals surface area contributed by atoms with Crippen molar-refractivity contribution >= 4 is 40.6 Å². The van der Waals surface area contributed by atoms with E-state index < -0.39 is 54.0 Å². The molecule has 2 heterocycles. The zero-order chi connectivity index (χ0) is 31.5. The number of amides is 3. The number of carbonyl (C=O) groups excluding carboxylic acids is 3. The highest BCUT2D eigenvalue weighted by Crippen LogP contribution is 2.19. The minimum Gasteiger partial charge on any atom is -0.480 e. The second-order valence-electron chi connectivity index (χ2n) is 10.1. The van der Waals surface area contributed by atoms with E-state index in [1.54, 1.807) is 6.20 Å². The fourth-order valence-corrected chi connectivity index (χ4v) is 4.42. The third kappa shape index (κ3) is 9.54. The first-order valence-electron chi connectivity index (χ1n) is 13.6. The lowest BCUT2D eigenvalue weighted by molar-refractivity contribution is -0.145. The van der Waals surface area contributed by atoms with E-state index in [4.69, 9.17) is 17.2 Å². The van der Waals surface area contributed by atoms with E-state index in [9.17, 15) is 29.4 Å². The molecule has 0 saturated carbocycles. The third-order valence-corrected chi connectivity index (χ3v) is 6.69. The molecule has 3 rings (SSSR count). The number of carbonyl (C=O) groups is 4. The maximum atomic E-state index is 13.5. The number of H-pyrrole nitrogens is 2. The van der Waals surface area contributed by atoms with E-state index in [0.717, 1.165) is 16.5 Å². The van der Waals surface area contributed by atoms with Crippen molar-refractivity contribution in [3.05, 3.63) is 54.2 Å². The maximum Gasteiger partial charge on any atom is 0.328 e. The Morgan fingerprint density at radius 3 is 2.35 bits per heavy atom. The fraction of sp³-hybridized carbons (Fsp3) is 0.407. The minimum absolute atomic E-state index is 0.00879. The Bertz CT molecular complexity index is 1420. The molecular formula is C27H38N10O6. The average Bonchev–Trinajstić information content (AvgIpc) is 3.62. The molecule has 5 atom stereocenters. The van der Waals surface area contributed by atoms with Crippen molar-refractivity contribution in [3.63, 3.8) is 0 Å². The predicted octanol–water partition coefficient (Wildman–Crippen LogP) is -2.02. The van der Waals surface area contributed by atoms with Gasteiger partial charge in [-0.1, -0.05) is 18.2 Å². The number of hydrogen-bond donors (Lipinski definition) is 10. The number of guanidine groups is 1. The van der Waals surface area contributed by atoms with Crippen LogP contribution in [-0.2, 0) is 32.0 Å². The number of nitrogens with one attached hydrogen (secondary N) is 5. The van der Waals surface area contributed by atoms with E-state index >= 15 is 0 Å². The zero-order valence-corrected chi connectivity index (χ0v) is 23.6. The van der Waals surface area contributed by atoms with Crippen LogP contribution in [0.5, 0.6) is 0 Å². The van der Waals surface area contributed by atoms with Gasteiger partial charge >= 0.3 is 5.97 Å². The summed E-state index contributed by atoms with van der Waals surface area (Å²) < 4.78 is 0. The highest BCUT2D eigenvalue weighted by molar-refractivity contribution is 5.94. The number of carboxylic acid groups (broad SMARTS) is 1. The van der Waals surface area contributed by atoms with Gasteiger partial charge in [-0.25, -0.2) is 9.78 Å². The Balaban J connectivity index is 1.76. The molecule has 2 aromatic heterocycles. The molecule has 0 aliphatic rings. The highest BCUT2D eigenvalue weighted by Gasteiger charge is 2.32. The first-order valence-corrected chi connectivity index (χ1v) is 13.6. The lowest BCUT2D eigenvalue weighted by Crippen LogP contribution is -2.58. The van der Waals surface area contributed by atoms with Crippen LogP contribution in [0.1, 0.15) is 31.0 Å². The number of nitrogens with two attached hydrogens (primary N) is 3. The number of nitrogens with zero attached hydrogens (tertiary/aromatic N) is 2. The largest absolute Gasteiger partial charge is 0.480 e. The molecule has 3 aromatic rings. The number of aromatic nitrogens is 3. The van der Waals surface area contributed by atoms with Gasteiger partial charge in [-0.05, 0) is 37.8 Å². The van der Waals surface area contributed by atoms with Crippen LogP contribution >= 0.6 is 0 Å². The number of carboxylic acids is 1. The number of aliphatic hydroxyl groups is 1. The molecule has 13 N–H and O–H groups in total. The first kappa shape index (κ1) is 32.6. The number of aromatic amines is 2. The van der Waals surface area contributed by atoms with Gasteiger partial charge in [0.05, 0.1) is 18.5 Å². The highest BCUT2D eigenvalue weighted by atomic mass is 16.4. The van der Waals surface area contributed by atoms with Crippen LogP contribution in [0, 0.1) is 0 Å². The monoisotopic (exact) mass is 598 g/mol. The lowest BCUT2D eigenvalue weighted by atomic mass is 10.0. The van der Waals surface area contributed by atoms with Crippen molar-refractivity contribution in [3.8, 4) is 0 Å². The number of rotatable bonds is 16. The van der Waals surface area contributed by atoms with Crippen molar-refractivity contribution in [2.45, 2.75) is 62.9 Å². The van der Waals surface area contributed by atoms with Gasteiger partial charge in [-0.3, -0.25) is 19.4 Å². The molecule has 16 nitrogen and oxygen atoms in total. The summed E-state index contributed by atoms with van der Waals surface area (Å²) in [4.78, 5) is 65.1. The van der Waals surface area contributed by atoms with Crippen LogP contribution in [0.3, 0.4) is 0 Å². The molecule has 5 unspecified atom stereocenters. The van der Waals surface area contributed by atoms with E-state index in [2.05, 4.69) is 35.9 Å². The summed E-state index contributed by atoms with van der Waals surface area (Å²) in [7, 11) is 0. The number of fused-ring (bicyclic) bond motifs is 1. The summed E-state index contributed by atoms with van der Waals surface area (Å²) in [5, 5.41) is 27.6. The van der Waals surface area contributed by atoms with Crippen LogP contribution in [0.4, 0.5) is 0 Å². The SMILES string of the molecule is CC(O)C(NC(=O)C(CCCN=C(N)N)NC(=O)C(Cc1cnc[nH]1)NC(=O)C(N)Cc1c[nH]c2ccccc12)C(=O)O. The van der Waals surface area contributed by atoms with Crippen molar-refractivity contribution in [2.24, 2.45) is 22.2 Å². The van der Waals surface area contributed by atoms with Gasteiger partial charge in [0.1, 0.15) is 12.1 Å². The summed E-state index contributed by atoms with van der Waals surface area (Å²) in [5.74, 6) is -3.79. The first-order chi connectivity index (χ1) is 20.5. The predicted molar refractivity (Wildman–Crippen MR) is 157 cm³/mol. The molecule has 1 aromatic carbocycles. The molecular weight excluding hydrogens is 560 g/mol. The van der Waals surface area contributed by atoms with Gasteiger partial charge < -0.3 is 53.3 Å². The van der Waals surface area contributed by atoms with Crippen LogP contribution < -0.4 is 33.2 Å². The van der Waals surface area contributed by atoms with Gasteiger partial charge in [0.25, 0.3) is 0 Å². The van der Waals surface area contributed by atoms with E-state index in [0.29, 0.717) is 5.69 Å². The number of aliphatic hydroxyl groups excluding tert-OH is 1. The Hall–Kier alpha value is -4.96. The van der Waals surface area contributed by atoms with Crippen LogP contribution in [0.2, 0.25) is 0 Å². The standard InChI is InChI=1S/C27H38N10O6/c1-14(38)22(26(42)43)37-24(40)20(7-4-8-32-27(29)30)35-25(41)21(10-16-12-31-13-34-16)36-23(39)18(28)9-15-11-33-19-6-3-2-5-17(15)19/h2-3,5-6,11-14,18,20-22,33,38H,4,7-10,28H2,1H3,(H,31,34)(H,35,41)(H,36,39)(H,37,40)(H,42,43)(H4,29,30,32). The Labute approximate surface area is 246 Å². The van der Waals surface area contributed by atoms with Gasteiger partial charge in [0.2, 0.25) is 17.7 Å². The molecule has 3 amide bonds. The van der Waals surface area contributed by atoms with E-state index in [-0.39, 0.29) is 38.2 Å². The summed E-state index contributed by atoms with van der Waals surface area (Å²) in [5.41, 5.74) is 19.2. The molecule has 0 radical (unpaired) electrons. The number of para-hydroxylation sites is 1. The average molecular weight is 599 g/mol. The number of benzene rings is 1. The van der Waals surface area contributed by atoms with Crippen LogP contribution in [-0.4, -0.2) is 91.6 Å². The number of imidazole rings is 1. The normalized spacial score (nSPS) is 14.6. The molecule has 0 fully saturated rings. The quantitative estimate of drug-likeness (QED) is 0.0490. The van der Waals surface area contributed by atoms with Crippen molar-refractivity contribution in [1.82, 2.24) is 30.9 Å². The number of aliphatic carboxylic acids is 1. The van der Waals surface area contributed by atoms with E-state index in [1.165, 1.54) is 19.4 Å². The van der Waals surface area contributed by atoms with Gasteiger partial charge in [-0.15, -0.1) is 0 Å². The Morgan fingerprint density at radius 2 is 1.70 bits per heavy atom. The topological polar surface area (TPSA) is 280 Å². The van der Waals surface area contributed by atoms with E-state index in [1.807, 2.05) is 24.3 Å². The second-order valence-corrected chi connectivity index (χ2v) is 10.1. The Morgan fingerprint density at radius 1 is 1.00 bits per heavy atom. The summed E-state index contributed by atoms with van der Waals surface area (Å²) in [6, 6.07) is 2.52.